The number of amides is 1. The average Bonchev–Trinajstić information content (AvgIpc) is 2.79. The number of carbonyl (C=O) groups excluding carboxylic acids is 1. The van der Waals surface area contributed by atoms with Crippen LogP contribution in [0.1, 0.15) is 5.56 Å². The minimum atomic E-state index is -4.47. The van der Waals surface area contributed by atoms with Crippen molar-refractivity contribution in [2.24, 2.45) is 5.10 Å². The number of halogens is 1. The summed E-state index contributed by atoms with van der Waals surface area (Å²) < 4.78 is 40.3. The van der Waals surface area contributed by atoms with E-state index < -0.39 is 43.8 Å². The molecule has 3 aromatic carbocycles. The molecule has 3 rings (SSSR count). The highest BCUT2D eigenvalue weighted by Gasteiger charge is 2.32. The number of carbonyl (C=O) groups is 1. The van der Waals surface area contributed by atoms with Gasteiger partial charge >= 0.3 is 0 Å². The zero-order valence-corrected chi connectivity index (χ0v) is 17.3. The van der Waals surface area contributed by atoms with Crippen molar-refractivity contribution in [3.63, 3.8) is 0 Å². The van der Waals surface area contributed by atoms with Gasteiger partial charge in [-0.1, -0.05) is 42.5 Å². The first kappa shape index (κ1) is 22.6. The van der Waals surface area contributed by atoms with Crippen LogP contribution in [-0.2, 0) is 14.8 Å². The van der Waals surface area contributed by atoms with E-state index in [4.69, 9.17) is 0 Å². The quantitative estimate of drug-likeness (QED) is 0.317. The molecule has 0 fully saturated rings. The maximum atomic E-state index is 13.3. The highest BCUT2D eigenvalue weighted by Crippen LogP contribution is 2.29. The number of hydrazone groups is 1. The molecule has 0 spiro atoms. The van der Waals surface area contributed by atoms with Crippen molar-refractivity contribution in [1.82, 2.24) is 5.43 Å². The molecule has 0 aromatic heterocycles. The van der Waals surface area contributed by atoms with Gasteiger partial charge in [0, 0.05) is 6.07 Å². The van der Waals surface area contributed by atoms with Crippen LogP contribution in [0.3, 0.4) is 0 Å². The third-order valence-electron chi connectivity index (χ3n) is 4.23. The topological polar surface area (TPSA) is 122 Å². The van der Waals surface area contributed by atoms with Gasteiger partial charge < -0.3 is 0 Å². The molecular formula is C21H17FN4O5S. The lowest BCUT2D eigenvalue weighted by Gasteiger charge is -2.23. The van der Waals surface area contributed by atoms with E-state index in [9.17, 15) is 27.7 Å². The van der Waals surface area contributed by atoms with Gasteiger partial charge in [0.1, 0.15) is 12.4 Å². The molecule has 0 unspecified atom stereocenters. The highest BCUT2D eigenvalue weighted by atomic mass is 32.2. The van der Waals surface area contributed by atoms with Gasteiger partial charge in [-0.2, -0.15) is 5.10 Å². The Balaban J connectivity index is 1.88. The van der Waals surface area contributed by atoms with Crippen LogP contribution >= 0.6 is 0 Å². The Labute approximate surface area is 183 Å². The summed E-state index contributed by atoms with van der Waals surface area (Å²) >= 11 is 0. The molecule has 1 amide bonds. The van der Waals surface area contributed by atoms with Crippen LogP contribution in [0, 0.1) is 15.9 Å². The summed E-state index contributed by atoms with van der Waals surface area (Å²) in [6.45, 7) is -0.681. The third kappa shape index (κ3) is 5.32. The van der Waals surface area contributed by atoms with Gasteiger partial charge in [0.15, 0.2) is 4.90 Å². The Hall–Kier alpha value is -4.12. The van der Waals surface area contributed by atoms with E-state index in [1.165, 1.54) is 54.7 Å². The first-order chi connectivity index (χ1) is 15.3. The summed E-state index contributed by atoms with van der Waals surface area (Å²) in [5, 5.41) is 15.1. The number of sulfonamides is 1. The summed E-state index contributed by atoms with van der Waals surface area (Å²) in [6, 6.07) is 17.9. The lowest BCUT2D eigenvalue weighted by Crippen LogP contribution is -2.39. The van der Waals surface area contributed by atoms with Crippen LogP contribution in [-0.4, -0.2) is 32.0 Å². The maximum absolute atomic E-state index is 13.3. The van der Waals surface area contributed by atoms with E-state index in [2.05, 4.69) is 10.5 Å². The number of hydrogen-bond donors (Lipinski definition) is 1. The summed E-state index contributed by atoms with van der Waals surface area (Å²) in [4.78, 5) is 22.4. The van der Waals surface area contributed by atoms with Crippen molar-refractivity contribution >= 4 is 33.5 Å². The lowest BCUT2D eigenvalue weighted by atomic mass is 10.2. The van der Waals surface area contributed by atoms with E-state index >= 15 is 0 Å². The van der Waals surface area contributed by atoms with E-state index in [0.717, 1.165) is 16.4 Å². The minimum Gasteiger partial charge on any atom is -0.271 e. The molecule has 0 saturated carbocycles. The van der Waals surface area contributed by atoms with Crippen LogP contribution < -0.4 is 9.73 Å². The van der Waals surface area contributed by atoms with Crippen molar-refractivity contribution in [3.8, 4) is 0 Å². The van der Waals surface area contributed by atoms with Crippen LogP contribution in [0.4, 0.5) is 15.8 Å². The number of nitro benzene ring substituents is 1. The number of para-hydroxylation sites is 2. The summed E-state index contributed by atoms with van der Waals surface area (Å²) in [5.74, 6) is -1.21. The predicted octanol–water partition coefficient (Wildman–Crippen LogP) is 3.08. The van der Waals surface area contributed by atoms with Gasteiger partial charge in [0.05, 0.1) is 16.8 Å². The van der Waals surface area contributed by atoms with Gasteiger partial charge in [-0.15, -0.1) is 0 Å². The molecule has 0 bridgehead atoms. The van der Waals surface area contributed by atoms with Gasteiger partial charge in [-0.05, 0) is 35.9 Å². The highest BCUT2D eigenvalue weighted by molar-refractivity contribution is 7.93. The number of rotatable bonds is 8. The Morgan fingerprint density at radius 3 is 2.31 bits per heavy atom. The van der Waals surface area contributed by atoms with Crippen LogP contribution in [0.5, 0.6) is 0 Å². The first-order valence-corrected chi connectivity index (χ1v) is 10.6. The molecule has 0 atom stereocenters. The van der Waals surface area contributed by atoms with E-state index in [0.29, 0.717) is 5.56 Å². The molecule has 9 nitrogen and oxygen atoms in total. The number of benzene rings is 3. The Kier molecular flexibility index (Phi) is 6.90. The maximum Gasteiger partial charge on any atom is 0.289 e. The van der Waals surface area contributed by atoms with Gasteiger partial charge in [0.2, 0.25) is 0 Å². The van der Waals surface area contributed by atoms with Crippen LogP contribution in [0.2, 0.25) is 0 Å². The van der Waals surface area contributed by atoms with Gasteiger partial charge in [-0.25, -0.2) is 18.2 Å². The average molecular weight is 456 g/mol. The van der Waals surface area contributed by atoms with Crippen molar-refractivity contribution < 1.29 is 22.5 Å². The molecule has 0 saturated heterocycles. The normalized spacial score (nSPS) is 11.3. The lowest BCUT2D eigenvalue weighted by molar-refractivity contribution is -0.387. The molecule has 1 N–H and O–H groups in total. The number of nitrogens with one attached hydrogen (secondary N) is 1. The molecule has 11 heteroatoms. The fourth-order valence-corrected chi connectivity index (χ4v) is 4.33. The predicted molar refractivity (Wildman–Crippen MR) is 116 cm³/mol. The Bertz CT molecular complexity index is 1250. The second-order valence-electron chi connectivity index (χ2n) is 6.42. The third-order valence-corrected chi connectivity index (χ3v) is 6.06. The Morgan fingerprint density at radius 2 is 1.66 bits per heavy atom. The zero-order valence-electron chi connectivity index (χ0n) is 16.5. The van der Waals surface area contributed by atoms with Crippen LogP contribution in [0.25, 0.3) is 0 Å². The first-order valence-electron chi connectivity index (χ1n) is 9.18. The fourth-order valence-electron chi connectivity index (χ4n) is 2.75. The number of nitro groups is 1. The molecule has 0 heterocycles. The van der Waals surface area contributed by atoms with E-state index in [1.807, 2.05) is 0 Å². The standard InChI is InChI=1S/C21H17FN4O5S/c22-17-12-10-16(11-13-17)14-23-24-21(27)15-25(18-6-2-1-3-7-18)32(30,31)20-9-5-4-8-19(20)26(28)29/h1-14H,15H2,(H,24,27)/b23-14+. The molecule has 32 heavy (non-hydrogen) atoms. The fraction of sp³-hybridized carbons (Fsp3) is 0.0476. The minimum absolute atomic E-state index is 0.142. The molecule has 3 aromatic rings. The van der Waals surface area contributed by atoms with Crippen LogP contribution in [0.15, 0.2) is 88.9 Å². The summed E-state index contributed by atoms with van der Waals surface area (Å²) in [7, 11) is -4.47. The molecule has 0 aliphatic carbocycles. The molecule has 0 radical (unpaired) electrons. The number of hydrogen-bond acceptors (Lipinski definition) is 6. The molecule has 164 valence electrons. The summed E-state index contributed by atoms with van der Waals surface area (Å²) in [6.07, 6.45) is 1.26. The molecule has 0 aliphatic rings. The van der Waals surface area contributed by atoms with Crippen molar-refractivity contribution in [3.05, 3.63) is 100 Å². The summed E-state index contributed by atoms with van der Waals surface area (Å²) in [5.41, 5.74) is 2.25. The van der Waals surface area contributed by atoms with Crippen molar-refractivity contribution in [2.45, 2.75) is 4.90 Å². The largest absolute Gasteiger partial charge is 0.289 e. The number of nitrogens with zero attached hydrogens (tertiary/aromatic N) is 3. The zero-order chi connectivity index (χ0) is 23.1. The van der Waals surface area contributed by atoms with Crippen molar-refractivity contribution in [1.29, 1.82) is 0 Å². The van der Waals surface area contributed by atoms with Crippen molar-refractivity contribution in [2.75, 3.05) is 10.8 Å². The SMILES string of the molecule is O=C(CN(c1ccccc1)S(=O)(=O)c1ccccc1[N+](=O)[O-])N/N=C/c1ccc(F)cc1. The van der Waals surface area contributed by atoms with Gasteiger partial charge in [-0.3, -0.25) is 19.2 Å². The second kappa shape index (κ2) is 9.79. The molecule has 0 aliphatic heterocycles. The molecular weight excluding hydrogens is 439 g/mol. The van der Waals surface area contributed by atoms with Gasteiger partial charge in [0.25, 0.3) is 21.6 Å². The monoisotopic (exact) mass is 456 g/mol. The number of anilines is 1. The smallest absolute Gasteiger partial charge is 0.271 e. The Morgan fingerprint density at radius 1 is 1.03 bits per heavy atom. The van der Waals surface area contributed by atoms with E-state index in [1.54, 1.807) is 18.2 Å². The second-order valence-corrected chi connectivity index (χ2v) is 8.25. The van der Waals surface area contributed by atoms with E-state index in [-0.39, 0.29) is 5.69 Å².